The third kappa shape index (κ3) is 58.6. The average Bonchev–Trinajstić information content (AvgIpc) is 3.39. The van der Waals surface area contributed by atoms with E-state index in [-0.39, 0.29) is 31.1 Å². The van der Waals surface area contributed by atoms with Gasteiger partial charge in [-0.15, -0.1) is 0 Å². The highest BCUT2D eigenvalue weighted by molar-refractivity contribution is 5.71. The molecule has 0 aromatic carbocycles. The fourth-order valence-corrected chi connectivity index (χ4v) is 7.94. The number of allylic oxidation sites excluding steroid dienone is 20. The molecule has 6 nitrogen and oxygen atoms in total. The minimum Gasteiger partial charge on any atom is -0.462 e. The number of rotatable bonds is 53. The number of carbonyl (C=O) groups excluding carboxylic acids is 3. The second-order valence-corrected chi connectivity index (χ2v) is 19.5. The van der Waals surface area contributed by atoms with Crippen molar-refractivity contribution in [3.8, 4) is 0 Å². The Hall–Kier alpha value is -4.19. The number of esters is 3. The van der Waals surface area contributed by atoms with Gasteiger partial charge in [0.1, 0.15) is 13.2 Å². The zero-order valence-electron chi connectivity index (χ0n) is 47.4. The molecule has 6 heteroatoms. The van der Waals surface area contributed by atoms with Gasteiger partial charge in [0.15, 0.2) is 6.10 Å². The molecule has 0 heterocycles. The highest BCUT2D eigenvalue weighted by Gasteiger charge is 2.19. The van der Waals surface area contributed by atoms with Crippen molar-refractivity contribution in [3.05, 3.63) is 122 Å². The summed E-state index contributed by atoms with van der Waals surface area (Å²) in [5.41, 5.74) is 0. The Morgan fingerprint density at radius 3 is 0.890 bits per heavy atom. The Kier molecular flexibility index (Phi) is 56.9. The summed E-state index contributed by atoms with van der Waals surface area (Å²) in [6.07, 6.45) is 83.5. The predicted molar refractivity (Wildman–Crippen MR) is 316 cm³/mol. The quantitative estimate of drug-likeness (QED) is 0.0261. The second-order valence-electron chi connectivity index (χ2n) is 19.5. The minimum absolute atomic E-state index is 0.0873. The molecule has 0 aliphatic carbocycles. The van der Waals surface area contributed by atoms with Gasteiger partial charge in [0.2, 0.25) is 0 Å². The summed E-state index contributed by atoms with van der Waals surface area (Å²) in [5.74, 6) is -0.919. The van der Waals surface area contributed by atoms with Crippen LogP contribution in [0, 0.1) is 0 Å². The van der Waals surface area contributed by atoms with E-state index in [0.717, 1.165) is 148 Å². The maximum atomic E-state index is 12.8. The van der Waals surface area contributed by atoms with Crippen LogP contribution in [0.1, 0.15) is 265 Å². The van der Waals surface area contributed by atoms with E-state index in [9.17, 15) is 14.4 Å². The molecule has 0 spiro atoms. The van der Waals surface area contributed by atoms with Gasteiger partial charge in [-0.25, -0.2) is 0 Å². The van der Waals surface area contributed by atoms with E-state index < -0.39 is 6.10 Å². The van der Waals surface area contributed by atoms with Crippen molar-refractivity contribution in [2.45, 2.75) is 271 Å². The Morgan fingerprint density at radius 2 is 0.548 bits per heavy atom. The number of hydrogen-bond acceptors (Lipinski definition) is 6. The molecule has 1 atom stereocenters. The Morgan fingerprint density at radius 1 is 0.288 bits per heavy atom. The molecule has 73 heavy (non-hydrogen) atoms. The summed E-state index contributed by atoms with van der Waals surface area (Å²) in [6.45, 7) is 6.45. The van der Waals surface area contributed by atoms with E-state index in [0.29, 0.717) is 19.3 Å². The number of unbranched alkanes of at least 4 members (excludes halogenated alkanes) is 22. The van der Waals surface area contributed by atoms with Gasteiger partial charge in [-0.2, -0.15) is 0 Å². The Labute approximate surface area is 450 Å². The molecule has 0 amide bonds. The smallest absolute Gasteiger partial charge is 0.306 e. The first-order chi connectivity index (χ1) is 36.0. The second kappa shape index (κ2) is 60.4. The van der Waals surface area contributed by atoms with Crippen molar-refractivity contribution in [3.63, 3.8) is 0 Å². The van der Waals surface area contributed by atoms with Gasteiger partial charge in [0.05, 0.1) is 0 Å². The molecule has 0 fully saturated rings. The molecule has 0 N–H and O–H groups in total. The van der Waals surface area contributed by atoms with Gasteiger partial charge >= 0.3 is 17.9 Å². The summed E-state index contributed by atoms with van der Waals surface area (Å²) in [4.78, 5) is 38.0. The lowest BCUT2D eigenvalue weighted by atomic mass is 10.1. The molecular weight excluding hydrogens is 901 g/mol. The van der Waals surface area contributed by atoms with Crippen LogP contribution in [0.3, 0.4) is 0 Å². The topological polar surface area (TPSA) is 78.9 Å². The van der Waals surface area contributed by atoms with E-state index in [1.165, 1.54) is 77.0 Å². The van der Waals surface area contributed by atoms with E-state index in [4.69, 9.17) is 14.2 Å². The molecule has 0 bridgehead atoms. The monoisotopic (exact) mass is 1010 g/mol. The summed E-state index contributed by atoms with van der Waals surface area (Å²) < 4.78 is 16.8. The zero-order valence-corrected chi connectivity index (χ0v) is 47.4. The molecule has 0 saturated heterocycles. The van der Waals surface area contributed by atoms with E-state index in [1.54, 1.807) is 0 Å². The van der Waals surface area contributed by atoms with Crippen molar-refractivity contribution in [1.82, 2.24) is 0 Å². The number of ether oxygens (including phenoxy) is 3. The van der Waals surface area contributed by atoms with Crippen molar-refractivity contribution in [2.75, 3.05) is 13.2 Å². The van der Waals surface area contributed by atoms with Crippen molar-refractivity contribution < 1.29 is 28.6 Å². The van der Waals surface area contributed by atoms with Gasteiger partial charge in [0.25, 0.3) is 0 Å². The molecule has 0 aliphatic heterocycles. The fourth-order valence-electron chi connectivity index (χ4n) is 7.94. The molecule has 0 aliphatic rings. The Bertz CT molecular complexity index is 1540. The highest BCUT2D eigenvalue weighted by atomic mass is 16.6. The van der Waals surface area contributed by atoms with Crippen LogP contribution >= 0.6 is 0 Å². The first-order valence-electron chi connectivity index (χ1n) is 30.0. The molecule has 1 unspecified atom stereocenters. The summed E-state index contributed by atoms with van der Waals surface area (Å²) in [5, 5.41) is 0. The van der Waals surface area contributed by atoms with Crippen LogP contribution in [0.25, 0.3) is 0 Å². The lowest BCUT2D eigenvalue weighted by molar-refractivity contribution is -0.167. The molecular formula is C67H110O6. The summed E-state index contributed by atoms with van der Waals surface area (Å²) >= 11 is 0. The summed E-state index contributed by atoms with van der Waals surface area (Å²) in [6, 6.07) is 0. The zero-order chi connectivity index (χ0) is 52.9. The molecule has 0 aromatic rings. The van der Waals surface area contributed by atoms with Crippen LogP contribution in [-0.2, 0) is 28.6 Å². The van der Waals surface area contributed by atoms with E-state index in [2.05, 4.69) is 142 Å². The minimum atomic E-state index is -0.790. The van der Waals surface area contributed by atoms with E-state index >= 15 is 0 Å². The molecule has 0 radical (unpaired) electrons. The SMILES string of the molecule is CC/C=C\C/C=C\C/C=C\C/C=C\C/C=C\C/C=C\C/C=C\C/C=C\C/C=C\CCCCCCCC(=O)OCC(COC(=O)CCCCCCCCCCCCC)OC(=O)CCCCCCC/C=C\CCCC. The lowest BCUT2D eigenvalue weighted by Crippen LogP contribution is -2.30. The van der Waals surface area contributed by atoms with Crippen LogP contribution in [-0.4, -0.2) is 37.2 Å². The Balaban J connectivity index is 4.23. The molecule has 0 aromatic heterocycles. The van der Waals surface area contributed by atoms with Gasteiger partial charge in [-0.1, -0.05) is 258 Å². The normalized spacial score (nSPS) is 13.0. The van der Waals surface area contributed by atoms with Gasteiger partial charge < -0.3 is 14.2 Å². The van der Waals surface area contributed by atoms with Crippen LogP contribution < -0.4 is 0 Å². The maximum absolute atomic E-state index is 12.8. The average molecular weight is 1010 g/mol. The third-order valence-electron chi connectivity index (χ3n) is 12.5. The highest BCUT2D eigenvalue weighted by Crippen LogP contribution is 2.14. The molecule has 0 saturated carbocycles. The first-order valence-corrected chi connectivity index (χ1v) is 30.0. The van der Waals surface area contributed by atoms with Crippen LogP contribution in [0.2, 0.25) is 0 Å². The first kappa shape index (κ1) is 68.8. The third-order valence-corrected chi connectivity index (χ3v) is 12.5. The number of carbonyl (C=O) groups is 3. The van der Waals surface area contributed by atoms with Crippen molar-refractivity contribution in [2.24, 2.45) is 0 Å². The van der Waals surface area contributed by atoms with Gasteiger partial charge in [-0.3, -0.25) is 14.4 Å². The molecule has 414 valence electrons. The van der Waals surface area contributed by atoms with Gasteiger partial charge in [-0.05, 0) is 109 Å². The van der Waals surface area contributed by atoms with E-state index in [1.807, 2.05) is 0 Å². The predicted octanol–water partition coefficient (Wildman–Crippen LogP) is 20.4. The largest absolute Gasteiger partial charge is 0.462 e. The lowest BCUT2D eigenvalue weighted by Gasteiger charge is -2.18. The summed E-state index contributed by atoms with van der Waals surface area (Å²) in [7, 11) is 0. The van der Waals surface area contributed by atoms with Gasteiger partial charge in [0, 0.05) is 19.3 Å². The van der Waals surface area contributed by atoms with Crippen LogP contribution in [0.5, 0.6) is 0 Å². The van der Waals surface area contributed by atoms with Crippen LogP contribution in [0.4, 0.5) is 0 Å². The van der Waals surface area contributed by atoms with Crippen molar-refractivity contribution >= 4 is 17.9 Å². The molecule has 0 rings (SSSR count). The van der Waals surface area contributed by atoms with Crippen molar-refractivity contribution in [1.29, 1.82) is 0 Å². The number of hydrogen-bond donors (Lipinski definition) is 0. The fraction of sp³-hybridized carbons (Fsp3) is 0.657. The standard InChI is InChI=1S/C67H110O6/c1-4-7-10-13-16-19-22-23-24-25-26-27-28-29-30-31-32-33-34-35-36-37-38-39-40-41-42-43-46-48-51-54-57-60-66(69)72-63-64(73-67(70)61-58-55-52-49-45-21-18-15-12-9-6-3)62-71-65(68)59-56-53-50-47-44-20-17-14-11-8-5-2/h7,10,15-16,18-19,23-24,26-27,29-30,32-33,35-36,38-39,41-42,64H,4-6,8-9,11-14,17,20-22,25,28,31,34,37,40,43-63H2,1-3H3/b10-7-,18-15-,19-16-,24-23-,27-26-,30-29-,33-32-,36-35-,39-38-,42-41-. The maximum Gasteiger partial charge on any atom is 0.306 e. The van der Waals surface area contributed by atoms with Crippen LogP contribution in [0.15, 0.2) is 122 Å².